The number of benzene rings is 1. The number of ether oxygens (including phenoxy) is 2. The first kappa shape index (κ1) is 33.5. The quantitative estimate of drug-likeness (QED) is 0.248. The lowest BCUT2D eigenvalue weighted by Gasteiger charge is -2.34. The molecule has 2 aliphatic heterocycles. The molecule has 2 aromatic rings. The molecule has 0 aliphatic carbocycles. The monoisotopic (exact) mass is 604 g/mol. The first-order chi connectivity index (χ1) is 20.3. The fraction of sp³-hybridized carbons (Fsp3) is 0.552. The fourth-order valence-electron chi connectivity index (χ4n) is 4.81. The highest BCUT2D eigenvalue weighted by atomic mass is 16.5. The second-order valence-electron chi connectivity index (χ2n) is 10.8. The molecule has 0 unspecified atom stereocenters. The molecule has 2 aliphatic rings. The maximum absolute atomic E-state index is 10.3. The van der Waals surface area contributed by atoms with Crippen LogP contribution in [0.25, 0.3) is 0 Å². The van der Waals surface area contributed by atoms with Crippen molar-refractivity contribution in [3.8, 4) is 11.5 Å². The highest BCUT2D eigenvalue weighted by molar-refractivity contribution is 5.88. The lowest BCUT2D eigenvalue weighted by molar-refractivity contribution is -0.170. The number of aliphatic hydroxyl groups is 1. The Hall–Kier alpha value is -4.01. The van der Waals surface area contributed by atoms with Crippen LogP contribution in [0.5, 0.6) is 11.5 Å². The van der Waals surface area contributed by atoms with Gasteiger partial charge in [0.05, 0.1) is 38.4 Å². The van der Waals surface area contributed by atoms with E-state index in [1.54, 1.807) is 6.07 Å². The minimum Gasteiger partial charge on any atom is -0.504 e. The molecule has 3 heterocycles. The molecule has 0 radical (unpaired) electrons. The van der Waals surface area contributed by atoms with E-state index in [9.17, 15) is 19.5 Å². The molecular formula is C29H40N4O10. The normalized spacial score (nSPS) is 15.3. The number of carboxylic acid groups (broad SMARTS) is 3. The van der Waals surface area contributed by atoms with Crippen LogP contribution >= 0.6 is 0 Å². The Bertz CT molecular complexity index is 1280. The third-order valence-electron chi connectivity index (χ3n) is 6.98. The Morgan fingerprint density at radius 1 is 1.05 bits per heavy atom. The fourth-order valence-corrected chi connectivity index (χ4v) is 4.81. The smallest absolute Gasteiger partial charge is 0.336 e. The van der Waals surface area contributed by atoms with Crippen molar-refractivity contribution >= 4 is 23.7 Å². The maximum Gasteiger partial charge on any atom is 0.336 e. The number of phenolic OH excluding ortho intramolecular Hbond substituents is 1. The number of hydrogen-bond acceptors (Lipinski definition) is 11. The Labute approximate surface area is 249 Å². The lowest BCUT2D eigenvalue weighted by Crippen LogP contribution is -2.42. The summed E-state index contributed by atoms with van der Waals surface area (Å²) in [5, 5.41) is 43.8. The van der Waals surface area contributed by atoms with E-state index < -0.39 is 36.4 Å². The number of carboxylic acids is 3. The van der Waals surface area contributed by atoms with Gasteiger partial charge in [-0.15, -0.1) is 0 Å². The van der Waals surface area contributed by atoms with Gasteiger partial charge in [0.25, 0.3) is 0 Å². The van der Waals surface area contributed by atoms with Gasteiger partial charge in [0.1, 0.15) is 11.6 Å². The van der Waals surface area contributed by atoms with Crippen LogP contribution in [0.1, 0.15) is 62.2 Å². The lowest BCUT2D eigenvalue weighted by atomic mass is 9.96. The van der Waals surface area contributed by atoms with Gasteiger partial charge in [-0.25, -0.2) is 14.8 Å². The van der Waals surface area contributed by atoms with E-state index in [0.29, 0.717) is 12.4 Å². The second-order valence-corrected chi connectivity index (χ2v) is 10.8. The van der Waals surface area contributed by atoms with Gasteiger partial charge in [-0.2, -0.15) is 0 Å². The van der Waals surface area contributed by atoms with Crippen LogP contribution in [0.15, 0.2) is 18.2 Å². The number of aromatic nitrogens is 2. The van der Waals surface area contributed by atoms with Crippen LogP contribution < -0.4 is 9.64 Å². The van der Waals surface area contributed by atoms with Gasteiger partial charge in [-0.3, -0.25) is 14.5 Å². The van der Waals surface area contributed by atoms with Crippen LogP contribution in [-0.4, -0.2) is 103 Å². The predicted octanol–water partition coefficient (Wildman–Crippen LogP) is 1.85. The Kier molecular flexibility index (Phi) is 11.6. The summed E-state index contributed by atoms with van der Waals surface area (Å²) in [4.78, 5) is 45.2. The Balaban J connectivity index is 0.000000331. The van der Waals surface area contributed by atoms with Gasteiger partial charge in [-0.1, -0.05) is 19.9 Å². The zero-order valence-corrected chi connectivity index (χ0v) is 24.7. The molecule has 0 bridgehead atoms. The molecule has 0 amide bonds. The number of aliphatic carboxylic acids is 3. The summed E-state index contributed by atoms with van der Waals surface area (Å²) in [5.74, 6) is -1.97. The number of anilines is 1. The number of aromatic hydroxyl groups is 1. The molecule has 5 N–H and O–H groups in total. The highest BCUT2D eigenvalue weighted by Gasteiger charge is 2.40. The minimum atomic E-state index is -2.74. The van der Waals surface area contributed by atoms with Crippen molar-refractivity contribution in [2.45, 2.75) is 64.6 Å². The van der Waals surface area contributed by atoms with Crippen LogP contribution in [-0.2, 0) is 38.6 Å². The number of phenols is 1. The molecule has 1 aromatic heterocycles. The van der Waals surface area contributed by atoms with Crippen molar-refractivity contribution in [1.82, 2.24) is 14.9 Å². The predicted molar refractivity (Wildman–Crippen MR) is 153 cm³/mol. The van der Waals surface area contributed by atoms with Crippen LogP contribution in [0.2, 0.25) is 0 Å². The zero-order chi connectivity index (χ0) is 31.7. The summed E-state index contributed by atoms with van der Waals surface area (Å²) in [6.45, 7) is 12.6. The molecular weight excluding hydrogens is 564 g/mol. The van der Waals surface area contributed by atoms with E-state index in [4.69, 9.17) is 39.9 Å². The van der Waals surface area contributed by atoms with Gasteiger partial charge in [0, 0.05) is 44.2 Å². The number of carbonyl (C=O) groups is 3. The van der Waals surface area contributed by atoms with Gasteiger partial charge in [0.2, 0.25) is 0 Å². The van der Waals surface area contributed by atoms with Crippen molar-refractivity contribution in [2.24, 2.45) is 0 Å². The van der Waals surface area contributed by atoms with Gasteiger partial charge in [-0.05, 0) is 31.0 Å². The van der Waals surface area contributed by atoms with E-state index in [-0.39, 0.29) is 11.7 Å². The molecule has 236 valence electrons. The number of fused-ring (bicyclic) bond motifs is 1. The van der Waals surface area contributed by atoms with E-state index in [0.717, 1.165) is 75.3 Å². The van der Waals surface area contributed by atoms with Crippen LogP contribution in [0.4, 0.5) is 5.82 Å². The van der Waals surface area contributed by atoms with Crippen LogP contribution in [0, 0.1) is 0 Å². The minimum absolute atomic E-state index is 0.189. The van der Waals surface area contributed by atoms with Crippen molar-refractivity contribution in [3.63, 3.8) is 0 Å². The molecule has 1 saturated heterocycles. The van der Waals surface area contributed by atoms with Crippen molar-refractivity contribution in [3.05, 3.63) is 40.8 Å². The van der Waals surface area contributed by atoms with Gasteiger partial charge < -0.3 is 39.9 Å². The summed E-state index contributed by atoms with van der Waals surface area (Å²) in [7, 11) is 0. The third-order valence-corrected chi connectivity index (χ3v) is 6.98. The standard InChI is InChI=1S/C23H32N4O3.C6H8O7/c1-4-30-21-13-17(5-6-20(21)28)14-26-8-7-18-19(15-26)24-22(16(2)3)25-23(18)27-9-11-29-12-10-27;7-3(8)1-6(13,5(11)12)2-4(9)10/h5-6,13,16,28H,4,7-12,14-15H2,1-3H3;13H,1-2H2,(H,7,8)(H,9,10)(H,11,12). The molecule has 14 heteroatoms. The van der Waals surface area contributed by atoms with Crippen molar-refractivity contribution < 1.29 is 49.4 Å². The summed E-state index contributed by atoms with van der Waals surface area (Å²) in [5.41, 5.74) is 0.826. The SMILES string of the molecule is CCOc1cc(CN2CCc3c(nc(C(C)C)nc3N3CCOCC3)C2)ccc1O.O=C(O)CC(O)(CC(=O)O)C(=O)O. The van der Waals surface area contributed by atoms with Gasteiger partial charge in [0.15, 0.2) is 17.1 Å². The number of nitrogens with zero attached hydrogens (tertiary/aromatic N) is 4. The summed E-state index contributed by atoms with van der Waals surface area (Å²) in [6, 6.07) is 5.62. The summed E-state index contributed by atoms with van der Waals surface area (Å²) in [6.07, 6.45) is -1.35. The van der Waals surface area contributed by atoms with E-state index >= 15 is 0 Å². The first-order valence-corrected chi connectivity index (χ1v) is 14.1. The average molecular weight is 605 g/mol. The second kappa shape index (κ2) is 14.9. The van der Waals surface area contributed by atoms with Gasteiger partial charge >= 0.3 is 17.9 Å². The Morgan fingerprint density at radius 3 is 2.26 bits per heavy atom. The molecule has 1 aromatic carbocycles. The maximum atomic E-state index is 10.3. The largest absolute Gasteiger partial charge is 0.504 e. The summed E-state index contributed by atoms with van der Waals surface area (Å²) >= 11 is 0. The van der Waals surface area contributed by atoms with Crippen LogP contribution in [0.3, 0.4) is 0 Å². The Morgan fingerprint density at radius 2 is 1.70 bits per heavy atom. The molecule has 0 spiro atoms. The van der Waals surface area contributed by atoms with Crippen molar-refractivity contribution in [1.29, 1.82) is 0 Å². The van der Waals surface area contributed by atoms with E-state index in [1.165, 1.54) is 5.56 Å². The third kappa shape index (κ3) is 9.24. The number of rotatable bonds is 11. The zero-order valence-electron chi connectivity index (χ0n) is 24.7. The summed E-state index contributed by atoms with van der Waals surface area (Å²) < 4.78 is 11.1. The molecule has 1 fully saturated rings. The average Bonchev–Trinajstić information content (AvgIpc) is 2.94. The number of morpholine rings is 1. The van der Waals surface area contributed by atoms with E-state index in [1.807, 2.05) is 19.1 Å². The first-order valence-electron chi connectivity index (χ1n) is 14.1. The molecule has 43 heavy (non-hydrogen) atoms. The highest BCUT2D eigenvalue weighted by Crippen LogP contribution is 2.31. The number of hydrogen-bond donors (Lipinski definition) is 5. The molecule has 14 nitrogen and oxygen atoms in total. The molecule has 4 rings (SSSR count). The molecule has 0 atom stereocenters. The van der Waals surface area contributed by atoms with E-state index in [2.05, 4.69) is 23.6 Å². The molecule has 0 saturated carbocycles. The topological polar surface area (TPSA) is 203 Å². The van der Waals surface area contributed by atoms with Crippen molar-refractivity contribution in [2.75, 3.05) is 44.4 Å².